The Bertz CT molecular complexity index is 482. The Labute approximate surface area is 137 Å². The first kappa shape index (κ1) is 16.3. The van der Waals surface area contributed by atoms with E-state index in [1.165, 1.54) is 5.56 Å². The highest BCUT2D eigenvalue weighted by molar-refractivity contribution is 8.00. The van der Waals surface area contributed by atoms with Gasteiger partial charge in [0.25, 0.3) is 0 Å². The van der Waals surface area contributed by atoms with Crippen LogP contribution in [0.3, 0.4) is 0 Å². The lowest BCUT2D eigenvalue weighted by molar-refractivity contribution is -0.161. The van der Waals surface area contributed by atoms with Crippen LogP contribution in [-0.2, 0) is 20.8 Å². The van der Waals surface area contributed by atoms with Crippen molar-refractivity contribution in [3.05, 3.63) is 35.9 Å². The topological polar surface area (TPSA) is 30.9 Å². The molecule has 2 saturated heterocycles. The summed E-state index contributed by atoms with van der Waals surface area (Å²) in [5.41, 5.74) is 1.19. The van der Waals surface area contributed by atoms with Gasteiger partial charge in [-0.1, -0.05) is 30.3 Å². The van der Waals surface area contributed by atoms with Gasteiger partial charge in [0.15, 0.2) is 5.79 Å². The molecule has 1 aromatic rings. The molecule has 0 bridgehead atoms. The highest BCUT2D eigenvalue weighted by Gasteiger charge is 2.43. The van der Waals surface area contributed by atoms with E-state index in [0.29, 0.717) is 18.6 Å². The minimum Gasteiger partial charge on any atom is -0.368 e. The van der Waals surface area contributed by atoms with Crippen molar-refractivity contribution in [3.8, 4) is 0 Å². The molecule has 0 amide bonds. The van der Waals surface area contributed by atoms with Crippen LogP contribution in [0.25, 0.3) is 0 Å². The van der Waals surface area contributed by atoms with Crippen LogP contribution in [0.4, 0.5) is 0 Å². The third kappa shape index (κ3) is 3.84. The zero-order valence-corrected chi connectivity index (χ0v) is 14.3. The lowest BCUT2D eigenvalue weighted by Gasteiger charge is -2.32. The number of nitrogens with zero attached hydrogens (tertiary/aromatic N) is 1. The van der Waals surface area contributed by atoms with Crippen molar-refractivity contribution in [1.82, 2.24) is 4.90 Å². The number of benzene rings is 1. The lowest BCUT2D eigenvalue weighted by Crippen LogP contribution is -2.45. The van der Waals surface area contributed by atoms with Crippen molar-refractivity contribution in [1.29, 1.82) is 0 Å². The second kappa shape index (κ2) is 6.89. The van der Waals surface area contributed by atoms with Crippen molar-refractivity contribution < 1.29 is 14.2 Å². The molecule has 2 fully saturated rings. The minimum atomic E-state index is -0.513. The van der Waals surface area contributed by atoms with E-state index in [9.17, 15) is 0 Å². The Balaban J connectivity index is 1.69. The number of hydrogen-bond donors (Lipinski definition) is 0. The Morgan fingerprint density at radius 1 is 1.36 bits per heavy atom. The predicted molar refractivity (Wildman–Crippen MR) is 88.8 cm³/mol. The first-order valence-electron chi connectivity index (χ1n) is 7.84. The van der Waals surface area contributed by atoms with Crippen LogP contribution >= 0.6 is 11.8 Å². The lowest BCUT2D eigenvalue weighted by atomic mass is 10.2. The summed E-state index contributed by atoms with van der Waals surface area (Å²) in [6.07, 6.45) is -0.00348. The Hall–Kier alpha value is -0.590. The van der Waals surface area contributed by atoms with E-state index in [-0.39, 0.29) is 12.2 Å². The summed E-state index contributed by atoms with van der Waals surface area (Å²) in [5, 5.41) is 0.325. The number of rotatable bonds is 5. The van der Waals surface area contributed by atoms with Crippen molar-refractivity contribution in [2.24, 2.45) is 0 Å². The fraction of sp³-hybridized carbons (Fsp3) is 0.647. The molecule has 0 aromatic heterocycles. The largest absolute Gasteiger partial charge is 0.368 e. The number of thioether (sulfide) groups is 1. The van der Waals surface area contributed by atoms with Crippen molar-refractivity contribution in [2.45, 2.75) is 43.8 Å². The van der Waals surface area contributed by atoms with Crippen LogP contribution in [0, 0.1) is 0 Å². The molecule has 0 saturated carbocycles. The van der Waals surface area contributed by atoms with Crippen LogP contribution in [-0.4, -0.2) is 54.2 Å². The second-order valence-electron chi connectivity index (χ2n) is 6.37. The molecule has 122 valence electrons. The van der Waals surface area contributed by atoms with Gasteiger partial charge in [0.2, 0.25) is 0 Å². The number of ether oxygens (including phenoxy) is 3. The van der Waals surface area contributed by atoms with Crippen molar-refractivity contribution >= 4 is 11.8 Å². The maximum Gasteiger partial charge on any atom is 0.163 e. The van der Waals surface area contributed by atoms with E-state index >= 15 is 0 Å². The molecule has 0 N–H and O–H groups in total. The molecule has 0 radical (unpaired) electrons. The van der Waals surface area contributed by atoms with Gasteiger partial charge in [0.05, 0.1) is 18.6 Å². The van der Waals surface area contributed by atoms with Gasteiger partial charge in [-0.05, 0) is 26.5 Å². The van der Waals surface area contributed by atoms with E-state index in [4.69, 9.17) is 14.2 Å². The summed E-state index contributed by atoms with van der Waals surface area (Å²) in [7, 11) is 2.16. The summed E-state index contributed by atoms with van der Waals surface area (Å²) >= 11 is 1.95. The fourth-order valence-electron chi connectivity index (χ4n) is 2.93. The summed E-state index contributed by atoms with van der Waals surface area (Å²) < 4.78 is 18.1. The molecule has 1 unspecified atom stereocenters. The number of hydrogen-bond acceptors (Lipinski definition) is 5. The Morgan fingerprint density at radius 3 is 2.73 bits per heavy atom. The standard InChI is InChI=1S/C17H25NO3S/c1-17(2)20-12-14(21-17)15(16-18(3)9-10-22-16)19-11-13-7-5-4-6-8-13/h4-8,14-16H,9-12H2,1-3H3/t14-,15-,16?/m1/s1. The SMILES string of the molecule is CN1CCSC1[C@H](OCc1ccccc1)[C@H]1COC(C)(C)O1. The molecule has 0 aliphatic carbocycles. The average molecular weight is 323 g/mol. The van der Waals surface area contributed by atoms with Gasteiger partial charge in [0, 0.05) is 12.3 Å². The molecule has 2 aliphatic heterocycles. The number of likely N-dealkylation sites (N-methyl/N-ethyl adjacent to an activating group) is 1. The molecule has 2 heterocycles. The van der Waals surface area contributed by atoms with E-state index in [1.807, 2.05) is 43.8 Å². The van der Waals surface area contributed by atoms with Crippen LogP contribution in [0.1, 0.15) is 19.4 Å². The van der Waals surface area contributed by atoms with Crippen LogP contribution in [0.2, 0.25) is 0 Å². The third-order valence-corrected chi connectivity index (χ3v) is 5.52. The quantitative estimate of drug-likeness (QED) is 0.831. The van der Waals surface area contributed by atoms with Gasteiger partial charge >= 0.3 is 0 Å². The Kier molecular flexibility index (Phi) is 5.10. The molecular weight excluding hydrogens is 298 g/mol. The highest BCUT2D eigenvalue weighted by Crippen LogP contribution is 2.34. The van der Waals surface area contributed by atoms with Crippen LogP contribution in [0.15, 0.2) is 30.3 Å². The van der Waals surface area contributed by atoms with E-state index in [2.05, 4.69) is 24.1 Å². The molecule has 5 heteroatoms. The first-order valence-corrected chi connectivity index (χ1v) is 8.89. The molecule has 3 rings (SSSR count). The van der Waals surface area contributed by atoms with Crippen molar-refractivity contribution in [2.75, 3.05) is 26.0 Å². The fourth-order valence-corrected chi connectivity index (χ4v) is 4.37. The normalized spacial score (nSPS) is 29.8. The zero-order valence-electron chi connectivity index (χ0n) is 13.5. The zero-order chi connectivity index (χ0) is 15.6. The molecule has 0 spiro atoms. The maximum atomic E-state index is 6.29. The van der Waals surface area contributed by atoms with E-state index in [0.717, 1.165) is 12.3 Å². The average Bonchev–Trinajstić information content (AvgIpc) is 3.07. The molecule has 3 atom stereocenters. The third-order valence-electron chi connectivity index (χ3n) is 4.13. The predicted octanol–water partition coefficient (Wildman–Crippen LogP) is 2.73. The van der Waals surface area contributed by atoms with Gasteiger partial charge in [-0.3, -0.25) is 4.90 Å². The van der Waals surface area contributed by atoms with Crippen molar-refractivity contribution in [3.63, 3.8) is 0 Å². The van der Waals surface area contributed by atoms with Crippen LogP contribution < -0.4 is 0 Å². The Morgan fingerprint density at radius 2 is 2.14 bits per heavy atom. The van der Waals surface area contributed by atoms with Gasteiger partial charge in [0.1, 0.15) is 12.2 Å². The summed E-state index contributed by atoms with van der Waals surface area (Å²) in [6.45, 7) is 6.23. The van der Waals surface area contributed by atoms with Gasteiger partial charge < -0.3 is 14.2 Å². The molecule has 1 aromatic carbocycles. The second-order valence-corrected chi connectivity index (χ2v) is 7.59. The summed E-state index contributed by atoms with van der Waals surface area (Å²) in [6, 6.07) is 10.3. The van der Waals surface area contributed by atoms with Gasteiger partial charge in [-0.25, -0.2) is 0 Å². The molecule has 22 heavy (non-hydrogen) atoms. The van der Waals surface area contributed by atoms with Gasteiger partial charge in [-0.15, -0.1) is 11.8 Å². The minimum absolute atomic E-state index is 0.0134. The maximum absolute atomic E-state index is 6.29. The van der Waals surface area contributed by atoms with E-state index in [1.54, 1.807) is 0 Å². The smallest absolute Gasteiger partial charge is 0.163 e. The molecular formula is C17H25NO3S. The van der Waals surface area contributed by atoms with Gasteiger partial charge in [-0.2, -0.15) is 0 Å². The summed E-state index contributed by atoms with van der Waals surface area (Å²) in [4.78, 5) is 2.36. The monoisotopic (exact) mass is 323 g/mol. The van der Waals surface area contributed by atoms with E-state index < -0.39 is 5.79 Å². The molecule has 4 nitrogen and oxygen atoms in total. The summed E-state index contributed by atoms with van der Waals surface area (Å²) in [5.74, 6) is 0.629. The molecule has 2 aliphatic rings. The first-order chi connectivity index (χ1) is 10.6. The highest BCUT2D eigenvalue weighted by atomic mass is 32.2. The van der Waals surface area contributed by atoms with Crippen LogP contribution in [0.5, 0.6) is 0 Å².